The monoisotopic (exact) mass is 320 g/mol. The fourth-order valence-corrected chi connectivity index (χ4v) is 3.08. The molecule has 0 aliphatic rings. The highest BCUT2D eigenvalue weighted by atomic mass is 32.1. The number of amides is 1. The van der Waals surface area contributed by atoms with E-state index in [1.807, 2.05) is 66.0 Å². The molecule has 0 N–H and O–H groups in total. The fraction of sp³-hybridized carbons (Fsp3) is 0.0526. The lowest BCUT2D eigenvalue weighted by Gasteiger charge is -2.18. The number of nitrogens with zero attached hydrogens (tertiary/aromatic N) is 2. The predicted molar refractivity (Wildman–Crippen MR) is 95.4 cm³/mol. The van der Waals surface area contributed by atoms with Gasteiger partial charge in [-0.15, -0.1) is 11.3 Å². The molecule has 3 nitrogen and oxygen atoms in total. The predicted octanol–water partition coefficient (Wildman–Crippen LogP) is 4.53. The van der Waals surface area contributed by atoms with Gasteiger partial charge in [-0.25, -0.2) is 4.98 Å². The van der Waals surface area contributed by atoms with Gasteiger partial charge in [0.25, 0.3) is 5.91 Å². The van der Waals surface area contributed by atoms with E-state index in [0.29, 0.717) is 11.7 Å². The van der Waals surface area contributed by atoms with Crippen LogP contribution in [0.15, 0.2) is 78.7 Å². The minimum absolute atomic E-state index is 0.150. The zero-order valence-corrected chi connectivity index (χ0v) is 13.4. The van der Waals surface area contributed by atoms with Crippen LogP contribution in [-0.4, -0.2) is 10.9 Å². The van der Waals surface area contributed by atoms with Crippen LogP contribution in [-0.2, 0) is 11.3 Å². The number of benzene rings is 2. The Morgan fingerprint density at radius 2 is 1.74 bits per heavy atom. The largest absolute Gasteiger partial charge is 0.280 e. The fourth-order valence-electron chi connectivity index (χ4n) is 2.25. The first kappa shape index (κ1) is 15.2. The number of carbonyl (C=O) groups excluding carboxylic acids is 1. The first-order valence-corrected chi connectivity index (χ1v) is 8.14. The third kappa shape index (κ3) is 3.55. The molecule has 0 saturated heterocycles. The quantitative estimate of drug-likeness (QED) is 0.647. The summed E-state index contributed by atoms with van der Waals surface area (Å²) in [5.74, 6) is -0.150. The standard InChI is InChI=1S/C19H16N2OS/c1-2-18(22)21(13-15-9-5-3-6-10-15)19-20-17(14-23-19)16-11-7-4-8-12-16/h2-12,14H,1,13H2. The maximum atomic E-state index is 12.2. The molecule has 114 valence electrons. The molecule has 1 amide bonds. The van der Waals surface area contributed by atoms with E-state index in [4.69, 9.17) is 0 Å². The summed E-state index contributed by atoms with van der Waals surface area (Å²) in [5, 5.41) is 2.65. The summed E-state index contributed by atoms with van der Waals surface area (Å²) < 4.78 is 0. The van der Waals surface area contributed by atoms with Gasteiger partial charge in [-0.1, -0.05) is 67.2 Å². The number of aromatic nitrogens is 1. The summed E-state index contributed by atoms with van der Waals surface area (Å²) in [7, 11) is 0. The Morgan fingerprint density at radius 3 is 2.39 bits per heavy atom. The molecular formula is C19H16N2OS. The summed E-state index contributed by atoms with van der Waals surface area (Å²) >= 11 is 1.46. The molecule has 0 fully saturated rings. The second kappa shape index (κ2) is 7.03. The van der Waals surface area contributed by atoms with Crippen LogP contribution >= 0.6 is 11.3 Å². The molecule has 2 aromatic carbocycles. The lowest BCUT2D eigenvalue weighted by Crippen LogP contribution is -2.28. The number of rotatable bonds is 5. The topological polar surface area (TPSA) is 33.2 Å². The highest BCUT2D eigenvalue weighted by molar-refractivity contribution is 7.14. The van der Waals surface area contributed by atoms with Gasteiger partial charge in [0.05, 0.1) is 12.2 Å². The van der Waals surface area contributed by atoms with Crippen LogP contribution in [0.1, 0.15) is 5.56 Å². The first-order valence-electron chi connectivity index (χ1n) is 7.27. The van der Waals surface area contributed by atoms with E-state index in [-0.39, 0.29) is 5.91 Å². The summed E-state index contributed by atoms with van der Waals surface area (Å²) in [6.07, 6.45) is 1.33. The highest BCUT2D eigenvalue weighted by Crippen LogP contribution is 2.28. The van der Waals surface area contributed by atoms with Crippen molar-refractivity contribution < 1.29 is 4.79 Å². The molecule has 0 aliphatic heterocycles. The van der Waals surface area contributed by atoms with E-state index in [0.717, 1.165) is 16.8 Å². The Hall–Kier alpha value is -2.72. The van der Waals surface area contributed by atoms with Crippen LogP contribution in [0.25, 0.3) is 11.3 Å². The molecule has 3 rings (SSSR count). The third-order valence-electron chi connectivity index (χ3n) is 3.42. The summed E-state index contributed by atoms with van der Waals surface area (Å²) in [6.45, 7) is 4.08. The molecule has 0 saturated carbocycles. The molecule has 0 atom stereocenters. The maximum absolute atomic E-state index is 12.2. The highest BCUT2D eigenvalue weighted by Gasteiger charge is 2.17. The molecule has 4 heteroatoms. The number of carbonyl (C=O) groups is 1. The molecule has 3 aromatic rings. The lowest BCUT2D eigenvalue weighted by atomic mass is 10.2. The van der Waals surface area contributed by atoms with Crippen molar-refractivity contribution in [1.29, 1.82) is 0 Å². The number of thiazole rings is 1. The van der Waals surface area contributed by atoms with Crippen molar-refractivity contribution in [3.63, 3.8) is 0 Å². The molecule has 0 spiro atoms. The lowest BCUT2D eigenvalue weighted by molar-refractivity contribution is -0.114. The van der Waals surface area contributed by atoms with Crippen LogP contribution in [0.4, 0.5) is 5.13 Å². The van der Waals surface area contributed by atoms with Crippen molar-refractivity contribution in [2.45, 2.75) is 6.54 Å². The van der Waals surface area contributed by atoms with Gasteiger partial charge in [-0.05, 0) is 11.6 Å². The van der Waals surface area contributed by atoms with Crippen LogP contribution in [0.3, 0.4) is 0 Å². The number of anilines is 1. The Balaban J connectivity index is 1.90. The van der Waals surface area contributed by atoms with Crippen LogP contribution in [0, 0.1) is 0 Å². The molecule has 0 aliphatic carbocycles. The van der Waals surface area contributed by atoms with E-state index in [1.165, 1.54) is 17.4 Å². The molecule has 1 aromatic heterocycles. The maximum Gasteiger partial charge on any atom is 0.252 e. The minimum atomic E-state index is -0.150. The Labute approximate surface area is 139 Å². The summed E-state index contributed by atoms with van der Waals surface area (Å²) in [5.41, 5.74) is 2.97. The second-order valence-corrected chi connectivity index (χ2v) is 5.83. The molecule has 23 heavy (non-hydrogen) atoms. The van der Waals surface area contributed by atoms with E-state index in [2.05, 4.69) is 11.6 Å². The summed E-state index contributed by atoms with van der Waals surface area (Å²) in [4.78, 5) is 18.5. The zero-order chi connectivity index (χ0) is 16.1. The van der Waals surface area contributed by atoms with Crippen LogP contribution in [0.2, 0.25) is 0 Å². The number of hydrogen-bond acceptors (Lipinski definition) is 3. The van der Waals surface area contributed by atoms with Gasteiger partial charge in [-0.2, -0.15) is 0 Å². The average Bonchev–Trinajstić information content (AvgIpc) is 3.10. The molecule has 0 radical (unpaired) electrons. The van der Waals surface area contributed by atoms with Crippen LogP contribution < -0.4 is 4.90 Å². The second-order valence-electron chi connectivity index (χ2n) is 5.00. The van der Waals surface area contributed by atoms with Gasteiger partial charge in [-0.3, -0.25) is 9.69 Å². The van der Waals surface area contributed by atoms with Gasteiger partial charge in [0.15, 0.2) is 5.13 Å². The van der Waals surface area contributed by atoms with Gasteiger partial charge < -0.3 is 0 Å². The Bertz CT molecular complexity index is 797. The van der Waals surface area contributed by atoms with E-state index in [9.17, 15) is 4.79 Å². The van der Waals surface area contributed by atoms with Gasteiger partial charge in [0, 0.05) is 10.9 Å². The van der Waals surface area contributed by atoms with Gasteiger partial charge >= 0.3 is 0 Å². The third-order valence-corrected chi connectivity index (χ3v) is 4.28. The smallest absolute Gasteiger partial charge is 0.252 e. The molecular weight excluding hydrogens is 304 g/mol. The normalized spacial score (nSPS) is 10.3. The van der Waals surface area contributed by atoms with E-state index >= 15 is 0 Å². The summed E-state index contributed by atoms with van der Waals surface area (Å²) in [6, 6.07) is 19.8. The molecule has 1 heterocycles. The Morgan fingerprint density at radius 1 is 1.09 bits per heavy atom. The molecule has 0 unspecified atom stereocenters. The number of hydrogen-bond donors (Lipinski definition) is 0. The van der Waals surface area contributed by atoms with Crippen molar-refractivity contribution in [3.05, 3.63) is 84.3 Å². The average molecular weight is 320 g/mol. The SMILES string of the molecule is C=CC(=O)N(Cc1ccccc1)c1nc(-c2ccccc2)cs1. The van der Waals surface area contributed by atoms with Crippen molar-refractivity contribution in [2.75, 3.05) is 4.90 Å². The van der Waals surface area contributed by atoms with Gasteiger partial charge in [0.1, 0.15) is 0 Å². The van der Waals surface area contributed by atoms with Crippen LogP contribution in [0.5, 0.6) is 0 Å². The minimum Gasteiger partial charge on any atom is -0.280 e. The van der Waals surface area contributed by atoms with Crippen molar-refractivity contribution >= 4 is 22.4 Å². The van der Waals surface area contributed by atoms with Crippen molar-refractivity contribution in [1.82, 2.24) is 4.98 Å². The molecule has 0 bridgehead atoms. The van der Waals surface area contributed by atoms with Crippen molar-refractivity contribution in [2.24, 2.45) is 0 Å². The zero-order valence-electron chi connectivity index (χ0n) is 12.6. The van der Waals surface area contributed by atoms with E-state index < -0.39 is 0 Å². The van der Waals surface area contributed by atoms with Crippen molar-refractivity contribution in [3.8, 4) is 11.3 Å². The first-order chi connectivity index (χ1) is 11.3. The Kier molecular flexibility index (Phi) is 4.64. The van der Waals surface area contributed by atoms with Gasteiger partial charge in [0.2, 0.25) is 0 Å². The van der Waals surface area contributed by atoms with E-state index in [1.54, 1.807) is 4.90 Å².